The highest BCUT2D eigenvalue weighted by Crippen LogP contribution is 2.12. The Balaban J connectivity index is 1.85. The topological polar surface area (TPSA) is 95.1 Å². The van der Waals surface area contributed by atoms with Gasteiger partial charge in [0, 0.05) is 13.1 Å². The van der Waals surface area contributed by atoms with Crippen molar-refractivity contribution in [1.29, 1.82) is 0 Å². The highest BCUT2D eigenvalue weighted by Gasteiger charge is 2.05. The number of aromatic nitrogens is 3. The molecule has 2 rings (SSSR count). The highest BCUT2D eigenvalue weighted by molar-refractivity contribution is 5.75. The lowest BCUT2D eigenvalue weighted by molar-refractivity contribution is -0.122. The molecule has 0 atom stereocenters. The molecule has 1 heterocycles. The number of benzene rings is 1. The van der Waals surface area contributed by atoms with Gasteiger partial charge in [0.1, 0.15) is 12.3 Å². The summed E-state index contributed by atoms with van der Waals surface area (Å²) in [6.07, 6.45) is 1.66. The Bertz CT molecular complexity index is 582. The van der Waals surface area contributed by atoms with E-state index >= 15 is 0 Å². The molecule has 7 heteroatoms. The van der Waals surface area contributed by atoms with Crippen LogP contribution >= 0.6 is 0 Å². The maximum Gasteiger partial charge on any atom is 0.242 e. The van der Waals surface area contributed by atoms with Crippen LogP contribution in [0.15, 0.2) is 30.5 Å². The monoisotopic (exact) mass is 275 g/mol. The van der Waals surface area contributed by atoms with Crippen LogP contribution in [0.2, 0.25) is 0 Å². The largest absolute Gasteiger partial charge is 0.497 e. The molecule has 0 radical (unpaired) electrons. The Morgan fingerprint density at radius 2 is 2.35 bits per heavy atom. The van der Waals surface area contributed by atoms with Gasteiger partial charge < -0.3 is 15.8 Å². The van der Waals surface area contributed by atoms with Gasteiger partial charge in [-0.3, -0.25) is 4.79 Å². The molecule has 0 aliphatic rings. The molecule has 0 aliphatic carbocycles. The van der Waals surface area contributed by atoms with Crippen LogP contribution in [0.4, 0.5) is 0 Å². The summed E-state index contributed by atoms with van der Waals surface area (Å²) in [4.78, 5) is 11.8. The van der Waals surface area contributed by atoms with Crippen molar-refractivity contribution in [2.24, 2.45) is 5.73 Å². The molecule has 0 unspecified atom stereocenters. The quantitative estimate of drug-likeness (QED) is 0.777. The first kappa shape index (κ1) is 14.0. The highest BCUT2D eigenvalue weighted by atomic mass is 16.5. The van der Waals surface area contributed by atoms with E-state index in [2.05, 4.69) is 15.6 Å². The van der Waals surface area contributed by atoms with Gasteiger partial charge in [-0.25, -0.2) is 4.68 Å². The van der Waals surface area contributed by atoms with E-state index in [9.17, 15) is 4.79 Å². The number of nitrogens with two attached hydrogens (primary N) is 1. The van der Waals surface area contributed by atoms with Crippen molar-refractivity contribution >= 4 is 5.91 Å². The second-order valence-electron chi connectivity index (χ2n) is 4.24. The van der Waals surface area contributed by atoms with E-state index in [0.717, 1.165) is 11.3 Å². The zero-order valence-electron chi connectivity index (χ0n) is 11.2. The van der Waals surface area contributed by atoms with Crippen molar-refractivity contribution in [1.82, 2.24) is 20.3 Å². The van der Waals surface area contributed by atoms with E-state index in [1.165, 1.54) is 4.68 Å². The van der Waals surface area contributed by atoms with Crippen molar-refractivity contribution < 1.29 is 9.53 Å². The summed E-state index contributed by atoms with van der Waals surface area (Å²) in [6, 6.07) is 7.54. The lowest BCUT2D eigenvalue weighted by Gasteiger charge is -2.06. The Kier molecular flexibility index (Phi) is 4.67. The summed E-state index contributed by atoms with van der Waals surface area (Å²) < 4.78 is 6.59. The Morgan fingerprint density at radius 3 is 3.05 bits per heavy atom. The number of nitrogens with zero attached hydrogens (tertiary/aromatic N) is 3. The average molecular weight is 275 g/mol. The van der Waals surface area contributed by atoms with Crippen LogP contribution in [0.1, 0.15) is 11.3 Å². The van der Waals surface area contributed by atoms with E-state index in [4.69, 9.17) is 10.5 Å². The molecule has 3 N–H and O–H groups in total. The summed E-state index contributed by atoms with van der Waals surface area (Å²) in [5.74, 6) is 0.627. The number of methoxy groups -OCH3 is 1. The van der Waals surface area contributed by atoms with Crippen molar-refractivity contribution in [3.05, 3.63) is 41.7 Å². The number of carbonyl (C=O) groups excluding carboxylic acids is 1. The van der Waals surface area contributed by atoms with E-state index in [0.29, 0.717) is 18.8 Å². The van der Waals surface area contributed by atoms with E-state index in [1.54, 1.807) is 13.3 Å². The minimum absolute atomic E-state index is 0.122. The third kappa shape index (κ3) is 3.79. The fourth-order valence-corrected chi connectivity index (χ4v) is 1.70. The fraction of sp³-hybridized carbons (Fsp3) is 0.308. The maximum absolute atomic E-state index is 11.8. The molecule has 0 aliphatic heterocycles. The minimum atomic E-state index is -0.138. The molecule has 1 amide bonds. The van der Waals surface area contributed by atoms with Crippen molar-refractivity contribution in [3.8, 4) is 5.75 Å². The molecule has 0 spiro atoms. The zero-order valence-corrected chi connectivity index (χ0v) is 11.2. The molecule has 1 aromatic heterocycles. The smallest absolute Gasteiger partial charge is 0.242 e. The predicted molar refractivity (Wildman–Crippen MR) is 72.8 cm³/mol. The molecule has 0 saturated carbocycles. The number of carbonyl (C=O) groups is 1. The summed E-state index contributed by atoms with van der Waals surface area (Å²) in [5, 5.41) is 10.4. The fourth-order valence-electron chi connectivity index (χ4n) is 1.70. The van der Waals surface area contributed by atoms with Crippen LogP contribution in [-0.2, 0) is 24.4 Å². The van der Waals surface area contributed by atoms with Gasteiger partial charge in [0.05, 0.1) is 19.0 Å². The molecule has 7 nitrogen and oxygen atoms in total. The first-order valence-electron chi connectivity index (χ1n) is 6.20. The first-order valence-corrected chi connectivity index (χ1v) is 6.20. The van der Waals surface area contributed by atoms with Crippen LogP contribution in [-0.4, -0.2) is 28.0 Å². The summed E-state index contributed by atoms with van der Waals surface area (Å²) in [7, 11) is 1.61. The standard InChI is InChI=1S/C13H17N5O2/c1-20-12-4-2-3-10(5-12)7-15-13(19)9-18-8-11(6-14)16-17-18/h2-5,8H,6-7,9,14H2,1H3,(H,15,19). The number of hydrogen-bond donors (Lipinski definition) is 2. The Morgan fingerprint density at radius 1 is 1.50 bits per heavy atom. The second-order valence-corrected chi connectivity index (χ2v) is 4.24. The maximum atomic E-state index is 11.8. The van der Waals surface area contributed by atoms with Crippen LogP contribution < -0.4 is 15.8 Å². The lowest BCUT2D eigenvalue weighted by Crippen LogP contribution is -2.27. The van der Waals surface area contributed by atoms with Gasteiger partial charge in [0.25, 0.3) is 0 Å². The number of nitrogens with one attached hydrogen (secondary N) is 1. The van der Waals surface area contributed by atoms with E-state index in [-0.39, 0.29) is 12.5 Å². The zero-order chi connectivity index (χ0) is 14.4. The Hall–Kier alpha value is -2.41. The third-order valence-electron chi connectivity index (χ3n) is 2.72. The molecule has 2 aromatic rings. The first-order chi connectivity index (χ1) is 9.71. The number of amides is 1. The van der Waals surface area contributed by atoms with Crippen LogP contribution in [0, 0.1) is 0 Å². The van der Waals surface area contributed by atoms with Gasteiger partial charge in [0.15, 0.2) is 0 Å². The summed E-state index contributed by atoms with van der Waals surface area (Å²) >= 11 is 0. The van der Waals surface area contributed by atoms with Crippen LogP contribution in [0.5, 0.6) is 5.75 Å². The van der Waals surface area contributed by atoms with Crippen LogP contribution in [0.25, 0.3) is 0 Å². The number of rotatable bonds is 6. The minimum Gasteiger partial charge on any atom is -0.497 e. The lowest BCUT2D eigenvalue weighted by atomic mass is 10.2. The predicted octanol–water partition coefficient (Wildman–Crippen LogP) is 0.0618. The molecular formula is C13H17N5O2. The van der Waals surface area contributed by atoms with Gasteiger partial charge in [-0.05, 0) is 17.7 Å². The molecule has 0 bridgehead atoms. The summed E-state index contributed by atoms with van der Waals surface area (Å²) in [6.45, 7) is 0.872. The SMILES string of the molecule is COc1cccc(CNC(=O)Cn2cc(CN)nn2)c1. The molecule has 0 saturated heterocycles. The van der Waals surface area contributed by atoms with Gasteiger partial charge in [-0.1, -0.05) is 17.3 Å². The van der Waals surface area contributed by atoms with Gasteiger partial charge in [0.2, 0.25) is 5.91 Å². The van der Waals surface area contributed by atoms with Crippen LogP contribution in [0.3, 0.4) is 0 Å². The second kappa shape index (κ2) is 6.67. The summed E-state index contributed by atoms with van der Waals surface area (Å²) in [5.41, 5.74) is 7.06. The van der Waals surface area contributed by atoms with Gasteiger partial charge >= 0.3 is 0 Å². The normalized spacial score (nSPS) is 10.3. The molecule has 1 aromatic carbocycles. The molecule has 0 fully saturated rings. The van der Waals surface area contributed by atoms with Crippen molar-refractivity contribution in [2.45, 2.75) is 19.6 Å². The molecular weight excluding hydrogens is 258 g/mol. The van der Waals surface area contributed by atoms with E-state index < -0.39 is 0 Å². The molecule has 20 heavy (non-hydrogen) atoms. The van der Waals surface area contributed by atoms with Crippen molar-refractivity contribution in [3.63, 3.8) is 0 Å². The van der Waals surface area contributed by atoms with E-state index in [1.807, 2.05) is 24.3 Å². The molecule has 106 valence electrons. The average Bonchev–Trinajstić information content (AvgIpc) is 2.93. The van der Waals surface area contributed by atoms with Gasteiger partial charge in [-0.2, -0.15) is 0 Å². The van der Waals surface area contributed by atoms with Crippen molar-refractivity contribution in [2.75, 3.05) is 7.11 Å². The number of hydrogen-bond acceptors (Lipinski definition) is 5. The number of ether oxygens (including phenoxy) is 1. The Labute approximate surface area is 116 Å². The van der Waals surface area contributed by atoms with Gasteiger partial charge in [-0.15, -0.1) is 5.10 Å². The third-order valence-corrected chi connectivity index (χ3v) is 2.72.